The maximum atomic E-state index is 2.29. The zero-order chi connectivity index (χ0) is 9.03. The third kappa shape index (κ3) is 2.61. The molecule has 0 fully saturated rings. The van der Waals surface area contributed by atoms with Crippen LogP contribution < -0.4 is 0 Å². The summed E-state index contributed by atoms with van der Waals surface area (Å²) in [5.74, 6) is 0. The standard InChI is InChI=1S/C12H17/c1-12(2,3)11-9-7-5-4-6-8-10-11/h4-7,9-10H,8H2,1-3H3/q-1. The maximum absolute atomic E-state index is 2.29. The molecule has 0 nitrogen and oxygen atoms in total. The SMILES string of the molecule is CC(C)(C)C1=CCC=C[CH-]C=C1. The van der Waals surface area contributed by atoms with Crippen molar-refractivity contribution in [3.8, 4) is 0 Å². The molecule has 0 atom stereocenters. The number of hydrogen-bond acceptors (Lipinski definition) is 0. The summed E-state index contributed by atoms with van der Waals surface area (Å²) in [7, 11) is 0. The molecule has 0 aliphatic heterocycles. The van der Waals surface area contributed by atoms with Crippen molar-refractivity contribution in [2.75, 3.05) is 0 Å². The van der Waals surface area contributed by atoms with Crippen LogP contribution in [0.25, 0.3) is 0 Å². The summed E-state index contributed by atoms with van der Waals surface area (Å²) in [4.78, 5) is 0. The van der Waals surface area contributed by atoms with E-state index in [9.17, 15) is 0 Å². The lowest BCUT2D eigenvalue weighted by Gasteiger charge is -2.23. The lowest BCUT2D eigenvalue weighted by atomic mass is 9.85. The molecule has 0 aromatic heterocycles. The second-order valence-corrected chi connectivity index (χ2v) is 4.12. The molecule has 0 heterocycles. The van der Waals surface area contributed by atoms with Gasteiger partial charge in [0.25, 0.3) is 0 Å². The Bertz CT molecular complexity index is 221. The largest absolute Gasteiger partial charge is 0.176 e. The van der Waals surface area contributed by atoms with E-state index in [1.54, 1.807) is 0 Å². The average Bonchev–Trinajstić information content (AvgIpc) is 1.81. The van der Waals surface area contributed by atoms with Crippen LogP contribution in [0.4, 0.5) is 0 Å². The highest BCUT2D eigenvalue weighted by Gasteiger charge is 2.10. The molecule has 0 heteroatoms. The molecule has 1 rings (SSSR count). The van der Waals surface area contributed by atoms with Crippen LogP contribution in [0.5, 0.6) is 0 Å². The van der Waals surface area contributed by atoms with E-state index in [0.717, 1.165) is 6.42 Å². The molecule has 0 unspecified atom stereocenters. The van der Waals surface area contributed by atoms with Crippen molar-refractivity contribution < 1.29 is 0 Å². The van der Waals surface area contributed by atoms with Gasteiger partial charge in [0.05, 0.1) is 0 Å². The van der Waals surface area contributed by atoms with Gasteiger partial charge in [-0.15, -0.1) is 11.6 Å². The Morgan fingerprint density at radius 1 is 1.25 bits per heavy atom. The second-order valence-electron chi connectivity index (χ2n) is 4.12. The highest BCUT2D eigenvalue weighted by molar-refractivity contribution is 5.30. The Hall–Kier alpha value is -0.910. The van der Waals surface area contributed by atoms with Crippen molar-refractivity contribution in [3.63, 3.8) is 0 Å². The molecule has 66 valence electrons. The second kappa shape index (κ2) is 3.66. The molecule has 0 amide bonds. The predicted molar refractivity (Wildman–Crippen MR) is 54.7 cm³/mol. The summed E-state index contributed by atoms with van der Waals surface area (Å²) >= 11 is 0. The van der Waals surface area contributed by atoms with E-state index in [0.29, 0.717) is 0 Å². The van der Waals surface area contributed by atoms with E-state index >= 15 is 0 Å². The fourth-order valence-corrected chi connectivity index (χ4v) is 1.20. The Balaban J connectivity index is 2.81. The van der Waals surface area contributed by atoms with Gasteiger partial charge in [0.1, 0.15) is 0 Å². The maximum Gasteiger partial charge on any atom is -0.0249 e. The molecule has 0 aromatic rings. The van der Waals surface area contributed by atoms with Gasteiger partial charge in [0.15, 0.2) is 0 Å². The van der Waals surface area contributed by atoms with Crippen molar-refractivity contribution in [1.82, 2.24) is 0 Å². The summed E-state index contributed by atoms with van der Waals surface area (Å²) < 4.78 is 0. The van der Waals surface area contributed by atoms with Gasteiger partial charge in [-0.3, -0.25) is 0 Å². The van der Waals surface area contributed by atoms with Gasteiger partial charge in [-0.1, -0.05) is 27.2 Å². The Morgan fingerprint density at radius 2 is 2.00 bits per heavy atom. The van der Waals surface area contributed by atoms with Crippen molar-refractivity contribution in [3.05, 3.63) is 42.4 Å². The van der Waals surface area contributed by atoms with E-state index in [1.807, 2.05) is 0 Å². The molecule has 1 aliphatic rings. The van der Waals surface area contributed by atoms with Gasteiger partial charge >= 0.3 is 0 Å². The fraction of sp³-hybridized carbons (Fsp3) is 0.417. The lowest BCUT2D eigenvalue weighted by Crippen LogP contribution is -2.07. The first-order chi connectivity index (χ1) is 5.61. The van der Waals surface area contributed by atoms with Gasteiger partial charge in [-0.25, -0.2) is 0 Å². The van der Waals surface area contributed by atoms with Crippen LogP contribution in [0.15, 0.2) is 36.0 Å². The quantitative estimate of drug-likeness (QED) is 0.475. The van der Waals surface area contributed by atoms with Gasteiger partial charge in [-0.05, 0) is 5.41 Å². The molecular formula is C12H17-. The Morgan fingerprint density at radius 3 is 2.67 bits per heavy atom. The number of hydrogen-bond donors (Lipinski definition) is 0. The highest BCUT2D eigenvalue weighted by atomic mass is 14.2. The molecule has 0 bridgehead atoms. The van der Waals surface area contributed by atoms with Crippen LogP contribution in [0.1, 0.15) is 27.2 Å². The number of allylic oxidation sites excluding steroid dienone is 6. The van der Waals surface area contributed by atoms with E-state index in [2.05, 4.69) is 57.6 Å². The van der Waals surface area contributed by atoms with Crippen LogP contribution in [-0.2, 0) is 0 Å². The average molecular weight is 161 g/mol. The van der Waals surface area contributed by atoms with Crippen LogP contribution in [-0.4, -0.2) is 0 Å². The molecule has 0 N–H and O–H groups in total. The van der Waals surface area contributed by atoms with Crippen LogP contribution in [0.3, 0.4) is 0 Å². The summed E-state index contributed by atoms with van der Waals surface area (Å²) in [6.07, 6.45) is 14.0. The third-order valence-electron chi connectivity index (χ3n) is 1.97. The normalized spacial score (nSPS) is 17.8. The molecule has 12 heavy (non-hydrogen) atoms. The van der Waals surface area contributed by atoms with Crippen LogP contribution in [0, 0.1) is 11.8 Å². The van der Waals surface area contributed by atoms with E-state index < -0.39 is 0 Å². The monoisotopic (exact) mass is 161 g/mol. The molecule has 0 radical (unpaired) electrons. The minimum Gasteiger partial charge on any atom is -0.176 e. The Kier molecular flexibility index (Phi) is 2.80. The minimum absolute atomic E-state index is 0.273. The van der Waals surface area contributed by atoms with Crippen molar-refractivity contribution in [2.24, 2.45) is 5.41 Å². The molecule has 0 saturated carbocycles. The van der Waals surface area contributed by atoms with Crippen LogP contribution >= 0.6 is 0 Å². The Labute approximate surface area is 75.7 Å². The summed E-state index contributed by atoms with van der Waals surface area (Å²) in [6, 6.07) is 0. The molecule has 0 saturated heterocycles. The molecular weight excluding hydrogens is 144 g/mol. The molecule has 0 aromatic carbocycles. The van der Waals surface area contributed by atoms with Crippen LogP contribution in [0.2, 0.25) is 0 Å². The first-order valence-corrected chi connectivity index (χ1v) is 4.48. The van der Waals surface area contributed by atoms with Gasteiger partial charge < -0.3 is 0 Å². The number of rotatable bonds is 0. The zero-order valence-electron chi connectivity index (χ0n) is 8.17. The first kappa shape index (κ1) is 9.18. The molecule has 0 spiro atoms. The van der Waals surface area contributed by atoms with E-state index in [4.69, 9.17) is 0 Å². The van der Waals surface area contributed by atoms with Crippen molar-refractivity contribution >= 4 is 0 Å². The minimum atomic E-state index is 0.273. The lowest BCUT2D eigenvalue weighted by molar-refractivity contribution is 0.515. The van der Waals surface area contributed by atoms with Crippen molar-refractivity contribution in [1.29, 1.82) is 0 Å². The highest BCUT2D eigenvalue weighted by Crippen LogP contribution is 2.27. The smallest absolute Gasteiger partial charge is 0.0249 e. The zero-order valence-corrected chi connectivity index (χ0v) is 8.17. The van der Waals surface area contributed by atoms with E-state index in [1.165, 1.54) is 5.57 Å². The predicted octanol–water partition coefficient (Wildman–Crippen LogP) is 3.68. The van der Waals surface area contributed by atoms with Gasteiger partial charge in [0, 0.05) is 0 Å². The topological polar surface area (TPSA) is 0 Å². The third-order valence-corrected chi connectivity index (χ3v) is 1.97. The van der Waals surface area contributed by atoms with Gasteiger partial charge in [-0.2, -0.15) is 30.7 Å². The summed E-state index contributed by atoms with van der Waals surface area (Å²) in [6.45, 7) is 6.73. The summed E-state index contributed by atoms with van der Waals surface area (Å²) in [5, 5.41) is 0. The molecule has 1 aliphatic carbocycles. The van der Waals surface area contributed by atoms with Crippen molar-refractivity contribution in [2.45, 2.75) is 27.2 Å². The summed E-state index contributed by atoms with van der Waals surface area (Å²) in [5.41, 5.74) is 1.69. The van der Waals surface area contributed by atoms with Gasteiger partial charge in [0.2, 0.25) is 0 Å². The van der Waals surface area contributed by atoms with E-state index in [-0.39, 0.29) is 5.41 Å². The fourth-order valence-electron chi connectivity index (χ4n) is 1.20. The first-order valence-electron chi connectivity index (χ1n) is 4.48.